The van der Waals surface area contributed by atoms with Crippen molar-refractivity contribution in [2.24, 2.45) is 5.73 Å². The molecule has 10 heteroatoms. The van der Waals surface area contributed by atoms with Crippen molar-refractivity contribution in [3.05, 3.63) is 32.6 Å². The smallest absolute Gasteiger partial charge is 0.330 e. The fourth-order valence-corrected chi connectivity index (χ4v) is 4.18. The van der Waals surface area contributed by atoms with Gasteiger partial charge in [0.05, 0.1) is 13.2 Å². The third-order valence-corrected chi connectivity index (χ3v) is 5.79. The molecule has 0 aliphatic carbocycles. The second-order valence-corrected chi connectivity index (χ2v) is 8.11. The lowest BCUT2D eigenvalue weighted by Gasteiger charge is -2.37. The Morgan fingerprint density at radius 2 is 2.03 bits per heavy atom. The number of rotatable bonds is 10. The Morgan fingerprint density at radius 3 is 2.70 bits per heavy atom. The molecule has 2 aliphatic rings. The minimum atomic E-state index is -0.855. The van der Waals surface area contributed by atoms with Gasteiger partial charge in [0.15, 0.2) is 12.2 Å². The number of nitrogens with one attached hydrogen (secondary N) is 2. The summed E-state index contributed by atoms with van der Waals surface area (Å²) >= 11 is 0. The van der Waals surface area contributed by atoms with Gasteiger partial charge in [-0.15, -0.1) is 0 Å². The van der Waals surface area contributed by atoms with E-state index in [9.17, 15) is 9.59 Å². The number of nitrogens with two attached hydrogens (primary N) is 1. The lowest BCUT2D eigenvalue weighted by molar-refractivity contribution is -0.162. The molecular formula is C20H33N5O5. The zero-order chi connectivity index (χ0) is 21.9. The Labute approximate surface area is 175 Å². The van der Waals surface area contributed by atoms with E-state index >= 15 is 0 Å². The number of morpholine rings is 1. The summed E-state index contributed by atoms with van der Waals surface area (Å²) < 4.78 is 19.9. The Morgan fingerprint density at radius 1 is 1.33 bits per heavy atom. The third-order valence-electron chi connectivity index (χ3n) is 5.79. The van der Waals surface area contributed by atoms with Crippen LogP contribution in [0, 0.1) is 12.3 Å². The Hall–Kier alpha value is -2.17. The molecule has 2 fully saturated rings. The van der Waals surface area contributed by atoms with Crippen LogP contribution >= 0.6 is 0 Å². The fraction of sp³-hybridized carbons (Fsp3) is 0.750. The Bertz CT molecular complexity index is 868. The Balaban J connectivity index is 1.97. The molecule has 4 atom stereocenters. The predicted molar refractivity (Wildman–Crippen MR) is 112 cm³/mol. The highest BCUT2D eigenvalue weighted by atomic mass is 16.6. The molecule has 0 aromatic carbocycles. The van der Waals surface area contributed by atoms with E-state index in [0.717, 1.165) is 25.7 Å². The van der Waals surface area contributed by atoms with Crippen LogP contribution in [0.15, 0.2) is 15.8 Å². The van der Waals surface area contributed by atoms with Crippen LogP contribution in [0.3, 0.4) is 0 Å². The van der Waals surface area contributed by atoms with Crippen molar-refractivity contribution in [3.8, 4) is 0 Å². The molecule has 0 saturated carbocycles. The molecule has 3 rings (SSSR count). The maximum atomic E-state index is 12.6. The van der Waals surface area contributed by atoms with E-state index < -0.39 is 35.2 Å². The molecule has 4 N–H and O–H groups in total. The van der Waals surface area contributed by atoms with Gasteiger partial charge in [-0.1, -0.05) is 26.7 Å². The van der Waals surface area contributed by atoms with Gasteiger partial charge >= 0.3 is 5.69 Å². The van der Waals surface area contributed by atoms with Gasteiger partial charge in [-0.3, -0.25) is 19.8 Å². The molecule has 0 spiro atoms. The first kappa shape index (κ1) is 22.5. The van der Waals surface area contributed by atoms with Crippen LogP contribution in [0.1, 0.15) is 51.3 Å². The lowest BCUT2D eigenvalue weighted by atomic mass is 10.00. The van der Waals surface area contributed by atoms with E-state index in [1.165, 1.54) is 10.8 Å². The van der Waals surface area contributed by atoms with Gasteiger partial charge in [-0.05, 0) is 19.8 Å². The minimum Gasteiger partial charge on any atom is -0.378 e. The quantitative estimate of drug-likeness (QED) is 0.286. The number of likely N-dealkylation sites (tertiary alicyclic amines) is 1. The van der Waals surface area contributed by atoms with Gasteiger partial charge in [0.1, 0.15) is 17.7 Å². The molecule has 2 saturated heterocycles. The van der Waals surface area contributed by atoms with Crippen LogP contribution in [0.25, 0.3) is 0 Å². The molecule has 0 radical (unpaired) electrons. The van der Waals surface area contributed by atoms with Crippen molar-refractivity contribution in [1.29, 1.82) is 5.41 Å². The predicted octanol–water partition coefficient (Wildman–Crippen LogP) is 0.692. The van der Waals surface area contributed by atoms with Gasteiger partial charge in [-0.2, -0.15) is 0 Å². The zero-order valence-corrected chi connectivity index (χ0v) is 18.0. The highest BCUT2D eigenvalue weighted by Crippen LogP contribution is 2.47. The third kappa shape index (κ3) is 4.17. The molecule has 1 aromatic heterocycles. The normalized spacial score (nSPS) is 27.7. The highest BCUT2D eigenvalue weighted by molar-refractivity contribution is 5.76. The maximum absolute atomic E-state index is 12.6. The molecule has 0 amide bonds. The Kier molecular flexibility index (Phi) is 6.99. The SMILES string of the molecule is CCCCOC[C@]12CN(C(=N)N)C(C1OCCCC)[C@H](n1cc(C)c(=O)[nH]c1=O)O2. The van der Waals surface area contributed by atoms with Crippen molar-refractivity contribution in [2.45, 2.75) is 70.4 Å². The van der Waals surface area contributed by atoms with Gasteiger partial charge in [0.25, 0.3) is 5.56 Å². The molecule has 10 nitrogen and oxygen atoms in total. The number of nitrogens with zero attached hydrogens (tertiary/aromatic N) is 2. The first-order valence-electron chi connectivity index (χ1n) is 10.6. The highest BCUT2D eigenvalue weighted by Gasteiger charge is 2.66. The number of hydrogen-bond acceptors (Lipinski definition) is 6. The molecule has 2 unspecified atom stereocenters. The van der Waals surface area contributed by atoms with Crippen molar-refractivity contribution >= 4 is 5.96 Å². The summed E-state index contributed by atoms with van der Waals surface area (Å²) in [4.78, 5) is 28.4. The van der Waals surface area contributed by atoms with Gasteiger partial charge in [0, 0.05) is 25.0 Å². The summed E-state index contributed by atoms with van der Waals surface area (Å²) in [6.07, 6.45) is 4.13. The maximum Gasteiger partial charge on any atom is 0.330 e. The number of aromatic nitrogens is 2. The van der Waals surface area contributed by atoms with Crippen molar-refractivity contribution < 1.29 is 14.2 Å². The minimum absolute atomic E-state index is 0.109. The summed E-state index contributed by atoms with van der Waals surface area (Å²) in [5.74, 6) is -0.109. The largest absolute Gasteiger partial charge is 0.378 e. The van der Waals surface area contributed by atoms with E-state index in [0.29, 0.717) is 25.3 Å². The summed E-state index contributed by atoms with van der Waals surface area (Å²) in [5, 5.41) is 8.07. The number of unbranched alkanes of at least 4 members (excludes halogenated alkanes) is 2. The number of fused-ring (bicyclic) bond motifs is 2. The number of aryl methyl sites for hydroxylation is 1. The van der Waals surface area contributed by atoms with E-state index in [2.05, 4.69) is 18.8 Å². The summed E-state index contributed by atoms with van der Waals surface area (Å²) in [7, 11) is 0. The van der Waals surface area contributed by atoms with E-state index in [1.54, 1.807) is 11.8 Å². The fourth-order valence-electron chi connectivity index (χ4n) is 4.18. The average Bonchev–Trinajstić information content (AvgIpc) is 3.18. The molecule has 2 bridgehead atoms. The summed E-state index contributed by atoms with van der Waals surface area (Å²) in [6, 6.07) is -0.475. The topological polar surface area (TPSA) is 136 Å². The van der Waals surface area contributed by atoms with Crippen molar-refractivity contribution in [3.63, 3.8) is 0 Å². The van der Waals surface area contributed by atoms with Crippen molar-refractivity contribution in [2.75, 3.05) is 26.4 Å². The first-order chi connectivity index (χ1) is 14.3. The number of aromatic amines is 1. The van der Waals surface area contributed by atoms with Gasteiger partial charge < -0.3 is 24.8 Å². The van der Waals surface area contributed by atoms with Crippen LogP contribution in [-0.2, 0) is 14.2 Å². The molecule has 30 heavy (non-hydrogen) atoms. The first-order valence-corrected chi connectivity index (χ1v) is 10.6. The van der Waals surface area contributed by atoms with Crippen LogP contribution in [0.5, 0.6) is 0 Å². The van der Waals surface area contributed by atoms with Crippen LogP contribution in [0.2, 0.25) is 0 Å². The van der Waals surface area contributed by atoms with Crippen LogP contribution in [0.4, 0.5) is 0 Å². The standard InChI is InChI=1S/C20H33N5O5/c1-4-6-8-28-12-20-11-25(18(21)22)14(15(20)29-9-7-5-2)17(30-20)24-10-13(3)16(26)23-19(24)27/h10,14-15,17H,4-9,11-12H2,1-3H3,(H3,21,22)(H,23,26,27)/t14?,15?,17-,20-/m1/s1. The second kappa shape index (κ2) is 9.32. The van der Waals surface area contributed by atoms with E-state index in [4.69, 9.17) is 25.4 Å². The monoisotopic (exact) mass is 423 g/mol. The number of ether oxygens (including phenoxy) is 3. The number of guanidine groups is 1. The molecule has 2 aliphatic heterocycles. The van der Waals surface area contributed by atoms with E-state index in [-0.39, 0.29) is 12.6 Å². The number of hydrogen-bond donors (Lipinski definition) is 3. The molecule has 168 valence electrons. The second-order valence-electron chi connectivity index (χ2n) is 8.11. The summed E-state index contributed by atoms with van der Waals surface area (Å²) in [6.45, 7) is 7.56. The molecular weight excluding hydrogens is 390 g/mol. The lowest BCUT2D eigenvalue weighted by Crippen LogP contribution is -2.53. The number of H-pyrrole nitrogens is 1. The zero-order valence-electron chi connectivity index (χ0n) is 18.0. The van der Waals surface area contributed by atoms with E-state index in [1.807, 2.05) is 0 Å². The summed E-state index contributed by atoms with van der Waals surface area (Å²) in [5.41, 5.74) is 4.42. The van der Waals surface area contributed by atoms with Crippen LogP contribution in [-0.4, -0.2) is 64.5 Å². The van der Waals surface area contributed by atoms with Crippen LogP contribution < -0.4 is 17.0 Å². The van der Waals surface area contributed by atoms with Gasteiger partial charge in [0.2, 0.25) is 0 Å². The molecule has 1 aromatic rings. The van der Waals surface area contributed by atoms with Crippen molar-refractivity contribution in [1.82, 2.24) is 14.5 Å². The molecule has 3 heterocycles. The van der Waals surface area contributed by atoms with Gasteiger partial charge in [-0.25, -0.2) is 4.79 Å². The average molecular weight is 424 g/mol.